The summed E-state index contributed by atoms with van der Waals surface area (Å²) in [6, 6.07) is 7.25. The molecule has 100 valence electrons. The van der Waals surface area contributed by atoms with Gasteiger partial charge in [0.1, 0.15) is 11.9 Å². The second-order valence-electron chi connectivity index (χ2n) is 5.03. The maximum atomic E-state index is 11.3. The summed E-state index contributed by atoms with van der Waals surface area (Å²) in [7, 11) is 0. The van der Waals surface area contributed by atoms with Crippen LogP contribution in [-0.2, 0) is 4.79 Å². The van der Waals surface area contributed by atoms with Crippen LogP contribution in [-0.4, -0.2) is 22.1 Å². The molecule has 0 aliphatic carbocycles. The molecular formula is C15H18N2O2. The maximum absolute atomic E-state index is 11.3. The number of pyridine rings is 1. The molecule has 4 nitrogen and oxygen atoms in total. The number of carboxylic acid groups (broad SMARTS) is 1. The molecule has 1 heterocycles. The van der Waals surface area contributed by atoms with E-state index in [0.717, 1.165) is 16.3 Å². The van der Waals surface area contributed by atoms with Crippen molar-refractivity contribution in [1.82, 2.24) is 4.98 Å². The molecule has 1 aromatic carbocycles. The molecular weight excluding hydrogens is 240 g/mol. The smallest absolute Gasteiger partial charge is 0.326 e. The Kier molecular flexibility index (Phi) is 3.69. The topological polar surface area (TPSA) is 62.2 Å². The van der Waals surface area contributed by atoms with Crippen LogP contribution in [0.2, 0.25) is 0 Å². The Morgan fingerprint density at radius 1 is 1.26 bits per heavy atom. The molecule has 0 aliphatic heterocycles. The quantitative estimate of drug-likeness (QED) is 0.884. The SMILES string of the molecule is Cc1cccc2c(NC(C(=O)O)C(C)C)nccc12. The molecule has 1 aromatic heterocycles. The van der Waals surface area contributed by atoms with Crippen molar-refractivity contribution in [3.8, 4) is 0 Å². The van der Waals surface area contributed by atoms with Crippen LogP contribution in [0.3, 0.4) is 0 Å². The van der Waals surface area contributed by atoms with E-state index < -0.39 is 12.0 Å². The Morgan fingerprint density at radius 2 is 2.00 bits per heavy atom. The van der Waals surface area contributed by atoms with Gasteiger partial charge in [-0.05, 0) is 29.9 Å². The number of nitrogens with one attached hydrogen (secondary N) is 1. The van der Waals surface area contributed by atoms with Crippen LogP contribution in [0.15, 0.2) is 30.5 Å². The maximum Gasteiger partial charge on any atom is 0.326 e. The number of aryl methyl sites for hydroxylation is 1. The van der Waals surface area contributed by atoms with Crippen LogP contribution in [0, 0.1) is 12.8 Å². The fourth-order valence-electron chi connectivity index (χ4n) is 2.14. The number of aliphatic carboxylic acids is 1. The Hall–Kier alpha value is -2.10. The third kappa shape index (κ3) is 2.67. The molecule has 19 heavy (non-hydrogen) atoms. The fourth-order valence-corrected chi connectivity index (χ4v) is 2.14. The van der Waals surface area contributed by atoms with Crippen LogP contribution in [0.5, 0.6) is 0 Å². The molecule has 0 amide bonds. The summed E-state index contributed by atoms with van der Waals surface area (Å²) >= 11 is 0. The lowest BCUT2D eigenvalue weighted by atomic mass is 10.0. The molecule has 1 unspecified atom stereocenters. The minimum Gasteiger partial charge on any atom is -0.480 e. The predicted octanol–water partition coefficient (Wildman–Crippen LogP) is 3.06. The number of fused-ring (bicyclic) bond motifs is 1. The van der Waals surface area contributed by atoms with Crippen molar-refractivity contribution in [3.63, 3.8) is 0 Å². The van der Waals surface area contributed by atoms with Crippen molar-refractivity contribution < 1.29 is 9.90 Å². The van der Waals surface area contributed by atoms with Gasteiger partial charge in [0.15, 0.2) is 0 Å². The van der Waals surface area contributed by atoms with Gasteiger partial charge in [0, 0.05) is 11.6 Å². The van der Waals surface area contributed by atoms with Crippen molar-refractivity contribution >= 4 is 22.6 Å². The number of anilines is 1. The Bertz CT molecular complexity index is 608. The average Bonchev–Trinajstić information content (AvgIpc) is 2.36. The number of carboxylic acids is 1. The Morgan fingerprint density at radius 3 is 2.63 bits per heavy atom. The molecule has 4 heteroatoms. The molecule has 2 N–H and O–H groups in total. The highest BCUT2D eigenvalue weighted by atomic mass is 16.4. The van der Waals surface area contributed by atoms with E-state index in [9.17, 15) is 9.90 Å². The van der Waals surface area contributed by atoms with E-state index in [1.165, 1.54) is 0 Å². The van der Waals surface area contributed by atoms with Crippen molar-refractivity contribution in [2.45, 2.75) is 26.8 Å². The summed E-state index contributed by atoms with van der Waals surface area (Å²) in [4.78, 5) is 15.5. The highest BCUT2D eigenvalue weighted by Gasteiger charge is 2.22. The molecule has 0 saturated heterocycles. The Labute approximate surface area is 112 Å². The van der Waals surface area contributed by atoms with Crippen molar-refractivity contribution in [3.05, 3.63) is 36.0 Å². The number of rotatable bonds is 4. The van der Waals surface area contributed by atoms with Gasteiger partial charge in [0.05, 0.1) is 0 Å². The summed E-state index contributed by atoms with van der Waals surface area (Å²) in [5.41, 5.74) is 1.15. The first-order valence-electron chi connectivity index (χ1n) is 6.34. The summed E-state index contributed by atoms with van der Waals surface area (Å²) in [5.74, 6) is -0.247. The van der Waals surface area contributed by atoms with Crippen LogP contribution in [0.25, 0.3) is 10.8 Å². The lowest BCUT2D eigenvalue weighted by Crippen LogP contribution is -2.34. The van der Waals surface area contributed by atoms with E-state index >= 15 is 0 Å². The molecule has 0 radical (unpaired) electrons. The largest absolute Gasteiger partial charge is 0.480 e. The first-order chi connectivity index (χ1) is 9.00. The van der Waals surface area contributed by atoms with Crippen LogP contribution in [0.1, 0.15) is 19.4 Å². The van der Waals surface area contributed by atoms with Gasteiger partial charge in [-0.25, -0.2) is 9.78 Å². The number of nitrogens with zero attached hydrogens (tertiary/aromatic N) is 1. The molecule has 0 bridgehead atoms. The van der Waals surface area contributed by atoms with Gasteiger partial charge in [-0.2, -0.15) is 0 Å². The standard InChI is InChI=1S/C15H18N2O2/c1-9(2)13(15(18)19)17-14-12-6-4-5-10(3)11(12)7-8-16-14/h4-9,13H,1-3H3,(H,16,17)(H,18,19). The zero-order valence-corrected chi connectivity index (χ0v) is 11.3. The lowest BCUT2D eigenvalue weighted by Gasteiger charge is -2.19. The van der Waals surface area contributed by atoms with E-state index in [0.29, 0.717) is 5.82 Å². The summed E-state index contributed by atoms with van der Waals surface area (Å²) < 4.78 is 0. The molecule has 0 fully saturated rings. The predicted molar refractivity (Wildman–Crippen MR) is 76.4 cm³/mol. The second-order valence-corrected chi connectivity index (χ2v) is 5.03. The summed E-state index contributed by atoms with van der Waals surface area (Å²) in [5, 5.41) is 14.3. The first-order valence-corrected chi connectivity index (χ1v) is 6.34. The van der Waals surface area contributed by atoms with E-state index in [2.05, 4.69) is 10.3 Å². The van der Waals surface area contributed by atoms with Gasteiger partial charge in [-0.3, -0.25) is 0 Å². The molecule has 2 rings (SSSR count). The fraction of sp³-hybridized carbons (Fsp3) is 0.333. The Balaban J connectivity index is 2.46. The highest BCUT2D eigenvalue weighted by molar-refractivity contribution is 5.95. The lowest BCUT2D eigenvalue weighted by molar-refractivity contribution is -0.138. The zero-order valence-electron chi connectivity index (χ0n) is 11.3. The van der Waals surface area contributed by atoms with Gasteiger partial charge in [-0.1, -0.05) is 32.0 Å². The summed E-state index contributed by atoms with van der Waals surface area (Å²) in [6.45, 7) is 5.79. The van der Waals surface area contributed by atoms with Crippen LogP contribution < -0.4 is 5.32 Å². The van der Waals surface area contributed by atoms with E-state index in [1.54, 1.807) is 6.20 Å². The minimum absolute atomic E-state index is 0.0145. The zero-order chi connectivity index (χ0) is 14.0. The minimum atomic E-state index is -0.860. The molecule has 0 saturated carbocycles. The van der Waals surface area contributed by atoms with Crippen molar-refractivity contribution in [2.24, 2.45) is 5.92 Å². The van der Waals surface area contributed by atoms with Gasteiger partial charge in [-0.15, -0.1) is 0 Å². The number of hydrogen-bond donors (Lipinski definition) is 2. The third-order valence-electron chi connectivity index (χ3n) is 3.25. The van der Waals surface area contributed by atoms with Crippen molar-refractivity contribution in [2.75, 3.05) is 5.32 Å². The highest BCUT2D eigenvalue weighted by Crippen LogP contribution is 2.25. The first kappa shape index (κ1) is 13.3. The normalized spacial score (nSPS) is 12.6. The van der Waals surface area contributed by atoms with Gasteiger partial charge in [0.2, 0.25) is 0 Å². The van der Waals surface area contributed by atoms with E-state index in [1.807, 2.05) is 45.0 Å². The summed E-state index contributed by atoms with van der Waals surface area (Å²) in [6.07, 6.45) is 1.71. The van der Waals surface area contributed by atoms with Gasteiger partial charge >= 0.3 is 5.97 Å². The van der Waals surface area contributed by atoms with Gasteiger partial charge < -0.3 is 10.4 Å². The molecule has 2 aromatic rings. The van der Waals surface area contributed by atoms with Crippen molar-refractivity contribution in [1.29, 1.82) is 0 Å². The molecule has 0 aliphatic rings. The van der Waals surface area contributed by atoms with Crippen LogP contribution in [0.4, 0.5) is 5.82 Å². The number of hydrogen-bond acceptors (Lipinski definition) is 3. The monoisotopic (exact) mass is 258 g/mol. The molecule has 1 atom stereocenters. The van der Waals surface area contributed by atoms with Gasteiger partial charge in [0.25, 0.3) is 0 Å². The number of aromatic nitrogens is 1. The number of carbonyl (C=O) groups is 1. The van der Waals surface area contributed by atoms with Crippen LogP contribution >= 0.6 is 0 Å². The third-order valence-corrected chi connectivity index (χ3v) is 3.25. The number of benzene rings is 1. The second kappa shape index (κ2) is 5.26. The van der Waals surface area contributed by atoms with E-state index in [4.69, 9.17) is 0 Å². The average molecular weight is 258 g/mol. The molecule has 0 spiro atoms. The van der Waals surface area contributed by atoms with E-state index in [-0.39, 0.29) is 5.92 Å².